The Kier molecular flexibility index (Phi) is 4.76. The van der Waals surface area contributed by atoms with E-state index in [0.29, 0.717) is 0 Å². The van der Waals surface area contributed by atoms with E-state index in [-0.39, 0.29) is 0 Å². The minimum absolute atomic E-state index is 0.743. The van der Waals surface area contributed by atoms with Crippen molar-refractivity contribution >= 4 is 5.82 Å². The number of aryl methyl sites for hydroxylation is 1. The number of hydrogen-bond acceptors (Lipinski definition) is 4. The number of nitrogens with zero attached hydrogens (tertiary/aromatic N) is 3. The van der Waals surface area contributed by atoms with Gasteiger partial charge in [-0.1, -0.05) is 6.92 Å². The van der Waals surface area contributed by atoms with Crippen molar-refractivity contribution in [2.45, 2.75) is 45.7 Å². The van der Waals surface area contributed by atoms with Crippen LogP contribution in [0.4, 0.5) is 5.82 Å². The molecule has 3 heterocycles. The first kappa shape index (κ1) is 14.8. The number of likely N-dealkylation sites (tertiary alicyclic amines) is 1. The summed E-state index contributed by atoms with van der Waals surface area (Å²) in [6.45, 7) is 11.1. The normalized spacial score (nSPS) is 23.1. The second-order valence-corrected chi connectivity index (χ2v) is 6.39. The molecule has 21 heavy (non-hydrogen) atoms. The molecule has 3 rings (SSSR count). The van der Waals surface area contributed by atoms with Crippen molar-refractivity contribution in [3.8, 4) is 0 Å². The molecule has 0 aliphatic carbocycles. The lowest BCUT2D eigenvalue weighted by Gasteiger charge is -2.24. The predicted molar refractivity (Wildman–Crippen MR) is 87.8 cm³/mol. The molecule has 0 bridgehead atoms. The summed E-state index contributed by atoms with van der Waals surface area (Å²) in [5.41, 5.74) is 2.48. The number of hydrogen-bond donors (Lipinski definition) is 1. The molecule has 0 radical (unpaired) electrons. The average molecular weight is 288 g/mol. The molecule has 2 fully saturated rings. The van der Waals surface area contributed by atoms with E-state index in [9.17, 15) is 0 Å². The maximum Gasteiger partial charge on any atom is 0.129 e. The van der Waals surface area contributed by atoms with Crippen molar-refractivity contribution in [3.63, 3.8) is 0 Å². The van der Waals surface area contributed by atoms with Gasteiger partial charge in [0.15, 0.2) is 0 Å². The van der Waals surface area contributed by atoms with E-state index in [1.165, 1.54) is 43.7 Å². The van der Waals surface area contributed by atoms with Gasteiger partial charge in [0, 0.05) is 31.4 Å². The first-order valence-electron chi connectivity index (χ1n) is 8.43. The van der Waals surface area contributed by atoms with Gasteiger partial charge in [0.05, 0.1) is 0 Å². The Labute approximate surface area is 128 Å². The molecule has 4 heteroatoms. The van der Waals surface area contributed by atoms with E-state index in [1.807, 2.05) is 0 Å². The SMILES string of the molecule is CCNCc1cc(C)nc(N2CCC(N3CCCC3)C2)c1. The van der Waals surface area contributed by atoms with E-state index in [0.717, 1.165) is 37.9 Å². The molecule has 0 saturated carbocycles. The smallest absolute Gasteiger partial charge is 0.129 e. The first-order valence-corrected chi connectivity index (χ1v) is 8.43. The molecule has 1 unspecified atom stereocenters. The van der Waals surface area contributed by atoms with Gasteiger partial charge in [0.25, 0.3) is 0 Å². The zero-order valence-electron chi connectivity index (χ0n) is 13.4. The molecule has 1 N–H and O–H groups in total. The van der Waals surface area contributed by atoms with Crippen LogP contribution in [0.25, 0.3) is 0 Å². The van der Waals surface area contributed by atoms with Gasteiger partial charge in [-0.3, -0.25) is 4.90 Å². The molecule has 1 atom stereocenters. The van der Waals surface area contributed by atoms with Gasteiger partial charge in [-0.15, -0.1) is 0 Å². The third-order valence-electron chi connectivity index (χ3n) is 4.72. The van der Waals surface area contributed by atoms with Gasteiger partial charge in [-0.2, -0.15) is 0 Å². The molecule has 1 aromatic heterocycles. The molecule has 116 valence electrons. The lowest BCUT2D eigenvalue weighted by atomic mass is 10.2. The molecule has 1 aromatic rings. The van der Waals surface area contributed by atoms with Crippen LogP contribution in [0, 0.1) is 6.92 Å². The maximum atomic E-state index is 4.76. The van der Waals surface area contributed by atoms with E-state index < -0.39 is 0 Å². The monoisotopic (exact) mass is 288 g/mol. The van der Waals surface area contributed by atoms with Crippen LogP contribution in [0.5, 0.6) is 0 Å². The minimum Gasteiger partial charge on any atom is -0.355 e. The van der Waals surface area contributed by atoms with Gasteiger partial charge in [-0.25, -0.2) is 4.98 Å². The van der Waals surface area contributed by atoms with Crippen molar-refractivity contribution in [2.75, 3.05) is 37.6 Å². The van der Waals surface area contributed by atoms with Crippen molar-refractivity contribution in [1.29, 1.82) is 0 Å². The zero-order chi connectivity index (χ0) is 14.7. The van der Waals surface area contributed by atoms with Crippen LogP contribution >= 0.6 is 0 Å². The Morgan fingerprint density at radius 3 is 2.81 bits per heavy atom. The highest BCUT2D eigenvalue weighted by Gasteiger charge is 2.29. The molecule has 2 saturated heterocycles. The van der Waals surface area contributed by atoms with Crippen molar-refractivity contribution < 1.29 is 0 Å². The summed E-state index contributed by atoms with van der Waals surface area (Å²) < 4.78 is 0. The highest BCUT2D eigenvalue weighted by atomic mass is 15.3. The van der Waals surface area contributed by atoms with Crippen LogP contribution in [0.1, 0.15) is 37.4 Å². The summed E-state index contributed by atoms with van der Waals surface area (Å²) in [4.78, 5) is 9.92. The summed E-state index contributed by atoms with van der Waals surface area (Å²) >= 11 is 0. The maximum absolute atomic E-state index is 4.76. The van der Waals surface area contributed by atoms with Crippen molar-refractivity contribution in [3.05, 3.63) is 23.4 Å². The molecule has 2 aliphatic rings. The highest BCUT2D eigenvalue weighted by Crippen LogP contribution is 2.25. The van der Waals surface area contributed by atoms with Gasteiger partial charge < -0.3 is 10.2 Å². The van der Waals surface area contributed by atoms with Gasteiger partial charge in [0.1, 0.15) is 5.82 Å². The third-order valence-corrected chi connectivity index (χ3v) is 4.72. The number of pyridine rings is 1. The van der Waals surface area contributed by atoms with Crippen LogP contribution in [-0.4, -0.2) is 48.6 Å². The Bertz CT molecular complexity index is 468. The van der Waals surface area contributed by atoms with E-state index in [1.54, 1.807) is 0 Å². The Hall–Kier alpha value is -1.13. The first-order chi connectivity index (χ1) is 10.3. The van der Waals surface area contributed by atoms with Crippen LogP contribution in [0.3, 0.4) is 0 Å². The lowest BCUT2D eigenvalue weighted by Crippen LogP contribution is -2.35. The van der Waals surface area contributed by atoms with Crippen LogP contribution in [0.2, 0.25) is 0 Å². The highest BCUT2D eigenvalue weighted by molar-refractivity contribution is 5.44. The number of rotatable bonds is 5. The second kappa shape index (κ2) is 6.75. The number of anilines is 1. The molecule has 0 aromatic carbocycles. The molecular weight excluding hydrogens is 260 g/mol. The summed E-state index contributed by atoms with van der Waals surface area (Å²) in [6, 6.07) is 5.20. The van der Waals surface area contributed by atoms with Crippen molar-refractivity contribution in [2.24, 2.45) is 0 Å². The van der Waals surface area contributed by atoms with Gasteiger partial charge >= 0.3 is 0 Å². The molecule has 2 aliphatic heterocycles. The fourth-order valence-electron chi connectivity index (χ4n) is 3.61. The van der Waals surface area contributed by atoms with Crippen LogP contribution < -0.4 is 10.2 Å². The van der Waals surface area contributed by atoms with E-state index in [2.05, 4.69) is 41.1 Å². The molecule has 4 nitrogen and oxygen atoms in total. The average Bonchev–Trinajstić information content (AvgIpc) is 3.14. The van der Waals surface area contributed by atoms with E-state index >= 15 is 0 Å². The van der Waals surface area contributed by atoms with E-state index in [4.69, 9.17) is 4.98 Å². The second-order valence-electron chi connectivity index (χ2n) is 6.39. The standard InChI is InChI=1S/C17H28N4/c1-3-18-12-15-10-14(2)19-17(11-15)21-9-6-16(13-21)20-7-4-5-8-20/h10-11,16,18H,3-9,12-13H2,1-2H3. The molecule has 0 spiro atoms. The Morgan fingerprint density at radius 1 is 1.24 bits per heavy atom. The largest absolute Gasteiger partial charge is 0.355 e. The van der Waals surface area contributed by atoms with Gasteiger partial charge in [0.2, 0.25) is 0 Å². The summed E-state index contributed by atoms with van der Waals surface area (Å²) in [7, 11) is 0. The van der Waals surface area contributed by atoms with Crippen LogP contribution in [0.15, 0.2) is 12.1 Å². The van der Waals surface area contributed by atoms with Crippen LogP contribution in [-0.2, 0) is 6.54 Å². The zero-order valence-corrected chi connectivity index (χ0v) is 13.4. The Balaban J connectivity index is 1.67. The lowest BCUT2D eigenvalue weighted by molar-refractivity contribution is 0.260. The summed E-state index contributed by atoms with van der Waals surface area (Å²) in [5.74, 6) is 1.17. The summed E-state index contributed by atoms with van der Waals surface area (Å²) in [5, 5.41) is 3.41. The predicted octanol–water partition coefficient (Wildman–Crippen LogP) is 2.17. The summed E-state index contributed by atoms with van der Waals surface area (Å²) in [6.07, 6.45) is 4.05. The fraction of sp³-hybridized carbons (Fsp3) is 0.706. The topological polar surface area (TPSA) is 31.4 Å². The number of aromatic nitrogens is 1. The van der Waals surface area contributed by atoms with Crippen molar-refractivity contribution in [1.82, 2.24) is 15.2 Å². The number of nitrogens with one attached hydrogen (secondary N) is 1. The Morgan fingerprint density at radius 2 is 2.05 bits per heavy atom. The quantitative estimate of drug-likeness (QED) is 0.900. The fourth-order valence-corrected chi connectivity index (χ4v) is 3.61. The minimum atomic E-state index is 0.743. The third kappa shape index (κ3) is 3.55. The molecular formula is C17H28N4. The van der Waals surface area contributed by atoms with Gasteiger partial charge in [-0.05, 0) is 63.5 Å². The molecule has 0 amide bonds.